The van der Waals surface area contributed by atoms with E-state index in [0.717, 1.165) is 55.4 Å². The second-order valence-corrected chi connectivity index (χ2v) is 10.6. The highest BCUT2D eigenvalue weighted by Gasteiger charge is 2.42. The third-order valence-corrected chi connectivity index (χ3v) is 7.03. The van der Waals surface area contributed by atoms with Crippen LogP contribution in [0.2, 0.25) is 0 Å². The Hall–Kier alpha value is -2.55. The molecule has 0 atom stereocenters. The van der Waals surface area contributed by atoms with Crippen LogP contribution in [-0.4, -0.2) is 74.5 Å². The van der Waals surface area contributed by atoms with Gasteiger partial charge < -0.3 is 9.84 Å². The molecular weight excluding hydrogens is 433 g/mol. The Labute approximate surface area is 200 Å². The van der Waals surface area contributed by atoms with Gasteiger partial charge in [0.05, 0.1) is 11.4 Å². The van der Waals surface area contributed by atoms with Gasteiger partial charge in [0.2, 0.25) is 0 Å². The van der Waals surface area contributed by atoms with Gasteiger partial charge >= 0.3 is 0 Å². The third-order valence-electron chi connectivity index (χ3n) is 7.03. The number of methoxy groups -OCH3 is 1. The van der Waals surface area contributed by atoms with E-state index in [4.69, 9.17) is 4.74 Å². The van der Waals surface area contributed by atoms with Crippen LogP contribution < -0.4 is 0 Å². The second-order valence-electron chi connectivity index (χ2n) is 10.6. The number of H-pyrrole nitrogens is 1. The van der Waals surface area contributed by atoms with Gasteiger partial charge in [-0.1, -0.05) is 0 Å². The first-order chi connectivity index (χ1) is 16.0. The zero-order valence-corrected chi connectivity index (χ0v) is 21.1. The number of rotatable bonds is 7. The number of aromatic hydroxyl groups is 1. The van der Waals surface area contributed by atoms with Crippen molar-refractivity contribution in [2.45, 2.75) is 58.7 Å². The van der Waals surface area contributed by atoms with Crippen molar-refractivity contribution in [3.63, 3.8) is 0 Å². The van der Waals surface area contributed by atoms with E-state index in [1.165, 1.54) is 6.07 Å². The summed E-state index contributed by atoms with van der Waals surface area (Å²) in [4.78, 5) is 9.72. The average molecular weight is 470 g/mol. The highest BCUT2D eigenvalue weighted by Crippen LogP contribution is 2.35. The van der Waals surface area contributed by atoms with Crippen LogP contribution in [0.5, 0.6) is 5.75 Å². The lowest BCUT2D eigenvalue weighted by Crippen LogP contribution is -2.67. The molecule has 0 saturated carbocycles. The number of aryl methyl sites for hydroxylation is 1. The number of benzene rings is 1. The van der Waals surface area contributed by atoms with E-state index in [2.05, 4.69) is 52.7 Å². The molecule has 3 aromatic rings. The first-order valence-electron chi connectivity index (χ1n) is 11.8. The Morgan fingerprint density at radius 3 is 2.53 bits per heavy atom. The van der Waals surface area contributed by atoms with E-state index >= 15 is 0 Å². The first-order valence-corrected chi connectivity index (χ1v) is 11.8. The summed E-state index contributed by atoms with van der Waals surface area (Å²) in [5.74, 6) is -0.604. The second kappa shape index (κ2) is 9.24. The molecule has 1 aromatic carbocycles. The number of halogens is 1. The molecule has 2 aromatic heterocycles. The van der Waals surface area contributed by atoms with Gasteiger partial charge in [0.25, 0.3) is 0 Å². The Morgan fingerprint density at radius 2 is 1.82 bits per heavy atom. The number of hydrogen-bond acceptors (Lipinski definition) is 6. The fraction of sp³-hybridized carbons (Fsp3) is 0.538. The van der Waals surface area contributed by atoms with Gasteiger partial charge in [-0.05, 0) is 64.8 Å². The molecule has 0 radical (unpaired) electrons. The van der Waals surface area contributed by atoms with Gasteiger partial charge in [-0.3, -0.25) is 14.9 Å². The molecule has 0 spiro atoms. The number of aromatic amines is 1. The molecule has 1 aliphatic heterocycles. The van der Waals surface area contributed by atoms with E-state index in [1.807, 2.05) is 13.0 Å². The molecule has 0 unspecified atom stereocenters. The van der Waals surface area contributed by atoms with Crippen LogP contribution >= 0.6 is 0 Å². The summed E-state index contributed by atoms with van der Waals surface area (Å²) in [5, 5.41) is 18.0. The maximum absolute atomic E-state index is 14.7. The number of ether oxygens (including phenoxy) is 1. The fourth-order valence-electron chi connectivity index (χ4n) is 5.07. The minimum Gasteiger partial charge on any atom is -0.508 e. The standard InChI is InChI=1S/C26H36FN5O2/c1-17-23-18(12-22(28-24(23)30-29-17)20-9-8-19(33)13-21(20)27)14-32-16-25(2,3)31(10-7-11-34-6)15-26(32,4)5/h8-9,12-13,33H,7,10-11,14-16H2,1-6H3,(H,28,29,30). The molecule has 0 amide bonds. The topological polar surface area (TPSA) is 77.5 Å². The van der Waals surface area contributed by atoms with Crippen molar-refractivity contribution >= 4 is 11.0 Å². The molecule has 0 bridgehead atoms. The number of hydrogen-bond donors (Lipinski definition) is 2. The van der Waals surface area contributed by atoms with Crippen LogP contribution in [-0.2, 0) is 11.3 Å². The number of nitrogens with one attached hydrogen (secondary N) is 1. The molecule has 7 nitrogen and oxygen atoms in total. The number of fused-ring (bicyclic) bond motifs is 1. The molecule has 8 heteroatoms. The van der Waals surface area contributed by atoms with E-state index < -0.39 is 5.82 Å². The van der Waals surface area contributed by atoms with E-state index in [9.17, 15) is 9.50 Å². The number of nitrogens with zero attached hydrogens (tertiary/aromatic N) is 4. The highest BCUT2D eigenvalue weighted by atomic mass is 19.1. The van der Waals surface area contributed by atoms with Crippen molar-refractivity contribution in [1.82, 2.24) is 25.0 Å². The largest absolute Gasteiger partial charge is 0.508 e. The summed E-state index contributed by atoms with van der Waals surface area (Å²) in [6.07, 6.45) is 1.01. The lowest BCUT2D eigenvalue weighted by molar-refractivity contribution is -0.0619. The predicted molar refractivity (Wildman–Crippen MR) is 132 cm³/mol. The number of pyridine rings is 1. The van der Waals surface area contributed by atoms with Crippen molar-refractivity contribution in [3.05, 3.63) is 41.3 Å². The molecule has 1 saturated heterocycles. The molecule has 0 aliphatic carbocycles. The van der Waals surface area contributed by atoms with Crippen molar-refractivity contribution in [1.29, 1.82) is 0 Å². The molecule has 1 fully saturated rings. The van der Waals surface area contributed by atoms with Crippen LogP contribution in [0.4, 0.5) is 4.39 Å². The Morgan fingerprint density at radius 1 is 1.12 bits per heavy atom. The highest BCUT2D eigenvalue weighted by molar-refractivity contribution is 5.84. The molecule has 1 aliphatic rings. The van der Waals surface area contributed by atoms with Crippen LogP contribution in [0.25, 0.3) is 22.3 Å². The van der Waals surface area contributed by atoms with E-state index in [-0.39, 0.29) is 16.8 Å². The van der Waals surface area contributed by atoms with E-state index in [0.29, 0.717) is 23.4 Å². The van der Waals surface area contributed by atoms with Gasteiger partial charge in [-0.2, -0.15) is 5.10 Å². The van der Waals surface area contributed by atoms with Crippen LogP contribution in [0.3, 0.4) is 0 Å². The monoisotopic (exact) mass is 469 g/mol. The summed E-state index contributed by atoms with van der Waals surface area (Å²) in [7, 11) is 1.75. The Kier molecular flexibility index (Phi) is 6.68. The zero-order chi connectivity index (χ0) is 24.7. The number of phenolic OH excluding ortho intramolecular Hbond substituents is 1. The SMILES string of the molecule is COCCCN1CC(C)(C)N(Cc2cc(-c3ccc(O)cc3F)nc3[nH]nc(C)c23)CC1(C)C. The first kappa shape index (κ1) is 24.6. The number of aromatic nitrogens is 3. The molecule has 2 N–H and O–H groups in total. The summed E-state index contributed by atoms with van der Waals surface area (Å²) < 4.78 is 19.9. The average Bonchev–Trinajstić information content (AvgIpc) is 3.12. The van der Waals surface area contributed by atoms with Crippen LogP contribution in [0.1, 0.15) is 45.4 Å². The van der Waals surface area contributed by atoms with Crippen molar-refractivity contribution in [3.8, 4) is 17.0 Å². The Bertz CT molecular complexity index is 1170. The lowest BCUT2D eigenvalue weighted by Gasteiger charge is -2.55. The fourth-order valence-corrected chi connectivity index (χ4v) is 5.07. The van der Waals surface area contributed by atoms with Crippen LogP contribution in [0, 0.1) is 12.7 Å². The van der Waals surface area contributed by atoms with Gasteiger partial charge in [0.1, 0.15) is 11.6 Å². The maximum atomic E-state index is 14.7. The van der Waals surface area contributed by atoms with Gasteiger partial charge in [-0.25, -0.2) is 9.37 Å². The molecular formula is C26H36FN5O2. The summed E-state index contributed by atoms with van der Waals surface area (Å²) in [6.45, 7) is 15.4. The number of phenols is 1. The molecule has 34 heavy (non-hydrogen) atoms. The molecule has 184 valence electrons. The minimum atomic E-state index is -0.500. The van der Waals surface area contributed by atoms with Gasteiger partial charge in [-0.15, -0.1) is 0 Å². The molecule has 3 heterocycles. The maximum Gasteiger partial charge on any atom is 0.156 e. The van der Waals surface area contributed by atoms with Gasteiger partial charge in [0, 0.05) is 68.0 Å². The zero-order valence-electron chi connectivity index (χ0n) is 21.1. The summed E-state index contributed by atoms with van der Waals surface area (Å²) >= 11 is 0. The van der Waals surface area contributed by atoms with Crippen molar-refractivity contribution < 1.29 is 14.2 Å². The van der Waals surface area contributed by atoms with Crippen molar-refractivity contribution in [2.24, 2.45) is 0 Å². The summed E-state index contributed by atoms with van der Waals surface area (Å²) in [5.41, 5.74) is 3.43. The smallest absolute Gasteiger partial charge is 0.156 e. The molecule has 4 rings (SSSR count). The van der Waals surface area contributed by atoms with Crippen LogP contribution in [0.15, 0.2) is 24.3 Å². The van der Waals surface area contributed by atoms with Crippen molar-refractivity contribution in [2.75, 3.05) is 33.4 Å². The third kappa shape index (κ3) is 4.80. The van der Waals surface area contributed by atoms with Gasteiger partial charge in [0.15, 0.2) is 5.65 Å². The predicted octanol–water partition coefficient (Wildman–Crippen LogP) is 4.49. The Balaban J connectivity index is 1.69. The lowest BCUT2D eigenvalue weighted by atomic mass is 9.88. The quantitative estimate of drug-likeness (QED) is 0.497. The normalized spacial score (nSPS) is 18.6. The number of piperazine rings is 1. The minimum absolute atomic E-state index is 0.00669. The summed E-state index contributed by atoms with van der Waals surface area (Å²) in [6, 6.07) is 6.14. The van der Waals surface area contributed by atoms with E-state index in [1.54, 1.807) is 13.2 Å².